The van der Waals surface area contributed by atoms with Crippen molar-refractivity contribution in [3.8, 4) is 23.0 Å². The lowest BCUT2D eigenvalue weighted by molar-refractivity contribution is 0.242. The quantitative estimate of drug-likeness (QED) is 0.0923. The van der Waals surface area contributed by atoms with Gasteiger partial charge in [-0.05, 0) is 293 Å². The van der Waals surface area contributed by atoms with Crippen LogP contribution in [0.25, 0.3) is 0 Å². The van der Waals surface area contributed by atoms with E-state index in [1.165, 1.54) is 129 Å². The van der Waals surface area contributed by atoms with Gasteiger partial charge in [-0.15, -0.1) is 0 Å². The number of aryl methyl sites for hydroxylation is 1. The number of hydrogen-bond donors (Lipinski definition) is 1. The van der Waals surface area contributed by atoms with Gasteiger partial charge in [0.15, 0.2) is 93.0 Å². The minimum Gasteiger partial charge on any atom is -0.508 e. The molecule has 0 saturated carbocycles. The molecule has 5 aliphatic rings. The van der Waals surface area contributed by atoms with Crippen LogP contribution >= 0.6 is 0 Å². The van der Waals surface area contributed by atoms with E-state index in [0.717, 1.165) is 36.8 Å². The van der Waals surface area contributed by atoms with E-state index in [1.54, 1.807) is 60.5 Å². The molecule has 0 aromatic heterocycles. The van der Waals surface area contributed by atoms with Crippen molar-refractivity contribution in [3.05, 3.63) is 447 Å². The van der Waals surface area contributed by atoms with Gasteiger partial charge in [0, 0.05) is 10.9 Å². The van der Waals surface area contributed by atoms with Crippen LogP contribution in [0.2, 0.25) is 0 Å². The Morgan fingerprint density at radius 1 is 0.308 bits per heavy atom. The predicted octanol–water partition coefficient (Wildman–Crippen LogP) is 25.7. The first-order valence-electron chi connectivity index (χ1n) is 38.8. The highest BCUT2D eigenvalue weighted by molar-refractivity contribution is 7.99. The van der Waals surface area contributed by atoms with Crippen LogP contribution in [-0.2, 0) is 65.4 Å². The third-order valence-corrected chi connectivity index (χ3v) is 33.8. The second-order valence-electron chi connectivity index (χ2n) is 27.4. The van der Waals surface area contributed by atoms with Crippen molar-refractivity contribution in [2.75, 3.05) is 18.6 Å². The number of phenolic OH excluding ortho intramolecular Hbond substituents is 1. The number of ether oxygens (including phenoxy) is 3. The second-order valence-corrected chi connectivity index (χ2v) is 40.1. The summed E-state index contributed by atoms with van der Waals surface area (Å²) in [6, 6.07) is 120. The zero-order valence-corrected chi connectivity index (χ0v) is 69.7. The normalized spacial score (nSPS) is 17.0. The number of fused-ring (bicyclic) bond motifs is 4. The third kappa shape index (κ3) is 22.0. The van der Waals surface area contributed by atoms with E-state index in [9.17, 15) is 22.7 Å². The molecule has 4 nitrogen and oxygen atoms in total. The van der Waals surface area contributed by atoms with E-state index < -0.39 is 10.9 Å². The first kappa shape index (κ1) is 82.6. The van der Waals surface area contributed by atoms with Crippen molar-refractivity contribution in [3.63, 3.8) is 0 Å². The summed E-state index contributed by atoms with van der Waals surface area (Å²) in [6.07, 6.45) is 21.8. The molecule has 0 amide bonds. The molecule has 117 heavy (non-hydrogen) atoms. The zero-order chi connectivity index (χ0) is 80.5. The highest BCUT2D eigenvalue weighted by Gasteiger charge is 2.48. The number of halogens is 4. The lowest BCUT2D eigenvalue weighted by Gasteiger charge is -2.30. The van der Waals surface area contributed by atoms with Gasteiger partial charge in [-0.1, -0.05) is 157 Å². The second kappa shape index (κ2) is 41.8. The Bertz CT molecular complexity index is 5200. The predicted molar refractivity (Wildman–Crippen MR) is 479 cm³/mol. The van der Waals surface area contributed by atoms with Gasteiger partial charge in [-0.25, -0.2) is 17.6 Å². The molecule has 2 aliphatic carbocycles. The maximum atomic E-state index is 13.2. The number of methoxy groups -OCH3 is 1. The molecule has 1 saturated heterocycles. The van der Waals surface area contributed by atoms with Crippen LogP contribution in [0, 0.1) is 30.2 Å². The molecule has 19 rings (SSSR count). The highest BCUT2D eigenvalue weighted by atomic mass is 32.2. The summed E-state index contributed by atoms with van der Waals surface area (Å²) in [7, 11) is 1.43. The Hall–Kier alpha value is -10.9. The summed E-state index contributed by atoms with van der Waals surface area (Å²) in [4.78, 5) is 17.0. The first-order chi connectivity index (χ1) is 57.5. The average Bonchev–Trinajstić information content (AvgIpc) is 0.773. The van der Waals surface area contributed by atoms with Crippen LogP contribution in [0.15, 0.2) is 487 Å². The topological polar surface area (TPSA) is 47.9 Å². The summed E-state index contributed by atoms with van der Waals surface area (Å²) in [5.41, 5.74) is 1.31. The number of aromatic hydroxyl groups is 1. The molecule has 0 bridgehead atoms. The van der Waals surface area contributed by atoms with Crippen LogP contribution in [0.4, 0.5) is 17.6 Å². The van der Waals surface area contributed by atoms with Crippen molar-refractivity contribution in [2.45, 2.75) is 117 Å². The van der Waals surface area contributed by atoms with E-state index in [-0.39, 0.29) is 79.1 Å². The average molecular weight is 1660 g/mol. The number of allylic oxidation sites excluding steroid dienone is 4. The molecular formula is C103H90F4O4S6+6. The molecule has 3 aliphatic heterocycles. The summed E-state index contributed by atoms with van der Waals surface area (Å²) in [5.74, 6) is 4.93. The SMILES string of the molecule is COc1ccc([S+](c2ccccc2)c2ccccc2)cc1.Cc1ccc([S+]2c3ccccc3OC3C=CC=CC32)cc1.Fc1ccc([S+](c2ccc(F)cc2)c2ccc(F)cc2)cc1.Fc1ccc([S+](c2ccccc2)c2ccccc2)cc1.Oc1ccc([S+]2c3ccccc3OC3C=CC=CC32)cc1.c1ccc([S+]2CCCCC2)cc1. The van der Waals surface area contributed by atoms with E-state index in [4.69, 9.17) is 14.2 Å². The van der Waals surface area contributed by atoms with Gasteiger partial charge < -0.3 is 19.3 Å². The fourth-order valence-corrected chi connectivity index (χ4v) is 27.3. The van der Waals surface area contributed by atoms with Gasteiger partial charge in [-0.2, -0.15) is 0 Å². The molecular weight excluding hydrogens is 1570 g/mol. The van der Waals surface area contributed by atoms with E-state index in [0.29, 0.717) is 27.1 Å². The van der Waals surface area contributed by atoms with Gasteiger partial charge in [-0.3, -0.25) is 0 Å². The highest BCUT2D eigenvalue weighted by Crippen LogP contribution is 2.45. The minimum absolute atomic E-state index is 0.0292. The zero-order valence-electron chi connectivity index (χ0n) is 64.8. The Kier molecular flexibility index (Phi) is 29.5. The summed E-state index contributed by atoms with van der Waals surface area (Å²) in [6.45, 7) is 2.14. The van der Waals surface area contributed by atoms with E-state index >= 15 is 0 Å². The Balaban J connectivity index is 0.000000116. The van der Waals surface area contributed by atoms with Crippen LogP contribution in [0.5, 0.6) is 23.0 Å². The Morgan fingerprint density at radius 2 is 0.598 bits per heavy atom. The number of phenols is 1. The molecule has 14 aromatic rings. The fourth-order valence-electron chi connectivity index (χ4n) is 13.8. The summed E-state index contributed by atoms with van der Waals surface area (Å²) >= 11 is 0. The summed E-state index contributed by atoms with van der Waals surface area (Å²) in [5, 5.41) is 10.2. The number of rotatable bonds is 13. The lowest BCUT2D eigenvalue weighted by atomic mass is 10.1. The number of para-hydroxylation sites is 2. The third-order valence-electron chi connectivity index (χ3n) is 19.4. The smallest absolute Gasteiger partial charge is 0.203 e. The van der Waals surface area contributed by atoms with Crippen LogP contribution in [0.3, 0.4) is 0 Å². The molecule has 6 unspecified atom stereocenters. The summed E-state index contributed by atoms with van der Waals surface area (Å²) < 4.78 is 70.2. The molecule has 1 fully saturated rings. The van der Waals surface area contributed by atoms with Crippen LogP contribution < -0.4 is 14.2 Å². The first-order valence-corrected chi connectivity index (χ1v) is 46.6. The van der Waals surface area contributed by atoms with Gasteiger partial charge in [0.2, 0.25) is 9.79 Å². The van der Waals surface area contributed by atoms with Crippen LogP contribution in [-0.4, -0.2) is 46.4 Å². The van der Waals surface area contributed by atoms with E-state index in [2.05, 4.69) is 238 Å². The van der Waals surface area contributed by atoms with Crippen molar-refractivity contribution in [1.29, 1.82) is 0 Å². The molecule has 0 spiro atoms. The fraction of sp³-hybridized carbons (Fsp3) is 0.107. The van der Waals surface area contributed by atoms with Crippen molar-refractivity contribution in [1.82, 2.24) is 0 Å². The molecule has 0 radical (unpaired) electrons. The monoisotopic (exact) mass is 1660 g/mol. The lowest BCUT2D eigenvalue weighted by Crippen LogP contribution is -2.40. The molecule has 3 heterocycles. The van der Waals surface area contributed by atoms with Gasteiger partial charge >= 0.3 is 0 Å². The molecule has 584 valence electrons. The molecule has 14 aromatic carbocycles. The molecule has 6 atom stereocenters. The Morgan fingerprint density at radius 3 is 0.940 bits per heavy atom. The maximum Gasteiger partial charge on any atom is 0.203 e. The largest absolute Gasteiger partial charge is 0.508 e. The van der Waals surface area contributed by atoms with Gasteiger partial charge in [0.25, 0.3) is 0 Å². The molecule has 14 heteroatoms. The Labute approximate surface area is 703 Å². The molecule has 1 N–H and O–H groups in total. The van der Waals surface area contributed by atoms with E-state index in [1.807, 2.05) is 91.0 Å². The van der Waals surface area contributed by atoms with Crippen LogP contribution in [0.1, 0.15) is 24.8 Å². The number of benzene rings is 14. The number of hydrogen-bond acceptors (Lipinski definition) is 4. The van der Waals surface area contributed by atoms with Crippen molar-refractivity contribution < 1.29 is 36.9 Å². The standard InChI is InChI=1S/2C19H17OS.C18H12F3S.C18H14FS.C18H14O2S.C11H15S/c1-14-10-12-15(13-11-14)21-18-8-4-2-6-16(18)20-17-7-3-5-9-19(17)21;1-20-16-12-14-19(15-13-16)21(17-8-4-2-5-9-17)18-10-6-3-7-11-18;19-13-1-7-16(8-2-13)22(17-9-3-14(20)4-10-17)18-11-5-15(21)6-12-18;19-15-11-13-18(14-12-15)20(16-7-3-1-4-8-16)17-9-5-2-6-10-17;19-13-9-11-14(12-10-13)21-17-7-3-1-5-15(17)20-16-6-2-4-8-18(16)21;1-3-7-11(8-4-1)12-9-5-2-6-10-12/h2-13,16,18H,1H3;2-15H,1H3;1-12H;1-14H;1-12,15,17H;1,3-4,7-8H,2,5-6,9-10H2/q4*+1;;+1/p+1. The van der Waals surface area contributed by atoms with Gasteiger partial charge in [0.05, 0.1) is 61.6 Å². The minimum atomic E-state index is -0.539. The van der Waals surface area contributed by atoms with Gasteiger partial charge in [0.1, 0.15) is 46.3 Å². The van der Waals surface area contributed by atoms with Crippen molar-refractivity contribution >= 4 is 65.4 Å². The maximum absolute atomic E-state index is 13.2. The van der Waals surface area contributed by atoms with Crippen molar-refractivity contribution in [2.24, 2.45) is 0 Å².